The Kier molecular flexibility index (Phi) is 13.0. The van der Waals surface area contributed by atoms with Crippen molar-refractivity contribution < 1.29 is 28.3 Å². The van der Waals surface area contributed by atoms with Gasteiger partial charge in [0.1, 0.15) is 23.3 Å². The molecular formula is C27H38N2O6S. The van der Waals surface area contributed by atoms with Crippen molar-refractivity contribution in [3.63, 3.8) is 0 Å². The number of ether oxygens (including phenoxy) is 2. The number of nitrogens with one attached hydrogen (secondary N) is 2. The van der Waals surface area contributed by atoms with Crippen LogP contribution in [0.3, 0.4) is 0 Å². The number of rotatable bonds is 17. The Morgan fingerprint density at radius 1 is 1.03 bits per heavy atom. The van der Waals surface area contributed by atoms with E-state index in [-0.39, 0.29) is 30.0 Å². The average molecular weight is 519 g/mol. The van der Waals surface area contributed by atoms with Gasteiger partial charge in [-0.2, -0.15) is 0 Å². The highest BCUT2D eigenvalue weighted by atomic mass is 32.2. The number of thioether (sulfide) groups is 1. The van der Waals surface area contributed by atoms with E-state index in [0.717, 1.165) is 18.6 Å². The van der Waals surface area contributed by atoms with Gasteiger partial charge in [0.25, 0.3) is 5.91 Å². The van der Waals surface area contributed by atoms with Crippen molar-refractivity contribution in [3.8, 4) is 11.5 Å². The largest absolute Gasteiger partial charge is 0.497 e. The number of methoxy groups -OCH3 is 1. The average Bonchev–Trinajstić information content (AvgIpc) is 3.38. The molecule has 0 saturated carbocycles. The van der Waals surface area contributed by atoms with Crippen molar-refractivity contribution in [2.45, 2.75) is 64.3 Å². The molecule has 2 rings (SSSR count). The van der Waals surface area contributed by atoms with Gasteiger partial charge in [-0.25, -0.2) is 0 Å². The molecule has 0 radical (unpaired) electrons. The maximum atomic E-state index is 13.1. The van der Waals surface area contributed by atoms with Gasteiger partial charge in [-0.3, -0.25) is 14.4 Å². The maximum absolute atomic E-state index is 13.1. The van der Waals surface area contributed by atoms with E-state index in [1.54, 1.807) is 37.6 Å². The second-order valence-electron chi connectivity index (χ2n) is 8.96. The topological polar surface area (TPSA) is 107 Å². The van der Waals surface area contributed by atoms with Crippen molar-refractivity contribution in [2.75, 3.05) is 19.5 Å². The molecule has 0 unspecified atom stereocenters. The van der Waals surface area contributed by atoms with Crippen LogP contribution in [0.5, 0.6) is 11.5 Å². The molecule has 0 bridgehead atoms. The molecule has 1 heterocycles. The molecular weight excluding hydrogens is 480 g/mol. The van der Waals surface area contributed by atoms with Gasteiger partial charge < -0.3 is 24.5 Å². The van der Waals surface area contributed by atoms with Gasteiger partial charge in [0, 0.05) is 0 Å². The van der Waals surface area contributed by atoms with E-state index in [9.17, 15) is 14.4 Å². The minimum Gasteiger partial charge on any atom is -0.497 e. The molecule has 2 aromatic rings. The minimum absolute atomic E-state index is 0.0363. The van der Waals surface area contributed by atoms with Crippen molar-refractivity contribution in [2.24, 2.45) is 5.92 Å². The monoisotopic (exact) mass is 518 g/mol. The van der Waals surface area contributed by atoms with Gasteiger partial charge in [-0.1, -0.05) is 33.6 Å². The van der Waals surface area contributed by atoms with Gasteiger partial charge in [0.05, 0.1) is 30.9 Å². The molecule has 0 spiro atoms. The van der Waals surface area contributed by atoms with Crippen LogP contribution in [0.1, 0.15) is 52.2 Å². The maximum Gasteiger partial charge on any atom is 0.258 e. The molecule has 0 fully saturated rings. The first-order chi connectivity index (χ1) is 17.3. The molecule has 0 aliphatic rings. The lowest BCUT2D eigenvalue weighted by Crippen LogP contribution is -2.53. The van der Waals surface area contributed by atoms with Crippen LogP contribution in [0.2, 0.25) is 0 Å². The minimum atomic E-state index is -0.760. The van der Waals surface area contributed by atoms with E-state index >= 15 is 0 Å². The Morgan fingerprint density at radius 3 is 2.36 bits per heavy atom. The quantitative estimate of drug-likeness (QED) is 0.320. The van der Waals surface area contributed by atoms with Crippen LogP contribution in [0, 0.1) is 5.92 Å². The van der Waals surface area contributed by atoms with Crippen LogP contribution < -0.4 is 20.1 Å². The highest BCUT2D eigenvalue weighted by Crippen LogP contribution is 2.17. The lowest BCUT2D eigenvalue weighted by molar-refractivity contribution is -0.132. The zero-order chi connectivity index (χ0) is 26.3. The SMILES string of the molecule is CCCC[C@H](NC(=O)[C@H](CC(C)C)NC(=O)COc1ccc(OC)cc1)C(=O)CSCc1ccco1. The molecule has 198 valence electrons. The lowest BCUT2D eigenvalue weighted by Gasteiger charge is -2.24. The Hall–Kier alpha value is -2.94. The molecule has 8 nitrogen and oxygen atoms in total. The third-order valence-corrected chi connectivity index (χ3v) is 6.39. The predicted molar refractivity (Wildman–Crippen MR) is 141 cm³/mol. The first-order valence-electron chi connectivity index (χ1n) is 12.3. The van der Waals surface area contributed by atoms with E-state index in [0.29, 0.717) is 30.1 Å². The highest BCUT2D eigenvalue weighted by molar-refractivity contribution is 7.99. The van der Waals surface area contributed by atoms with E-state index in [4.69, 9.17) is 13.9 Å². The molecule has 2 N–H and O–H groups in total. The lowest BCUT2D eigenvalue weighted by atomic mass is 10.0. The summed E-state index contributed by atoms with van der Waals surface area (Å²) in [5, 5.41) is 5.67. The number of benzene rings is 1. The molecule has 2 atom stereocenters. The Balaban J connectivity index is 1.93. The zero-order valence-corrected chi connectivity index (χ0v) is 22.4. The van der Waals surface area contributed by atoms with Crippen LogP contribution in [0.25, 0.3) is 0 Å². The van der Waals surface area contributed by atoms with Crippen LogP contribution in [0.15, 0.2) is 47.1 Å². The summed E-state index contributed by atoms with van der Waals surface area (Å²) in [7, 11) is 1.57. The van der Waals surface area contributed by atoms with Gasteiger partial charge in [-0.05, 0) is 55.2 Å². The van der Waals surface area contributed by atoms with Crippen LogP contribution in [-0.4, -0.2) is 49.2 Å². The summed E-state index contributed by atoms with van der Waals surface area (Å²) in [6.07, 6.45) is 4.34. The summed E-state index contributed by atoms with van der Waals surface area (Å²) in [5.74, 6) is 2.24. The molecule has 9 heteroatoms. The van der Waals surface area contributed by atoms with E-state index < -0.39 is 18.0 Å². The normalized spacial score (nSPS) is 12.6. The first kappa shape index (κ1) is 29.3. The van der Waals surface area contributed by atoms with E-state index in [1.807, 2.05) is 32.9 Å². The first-order valence-corrected chi connectivity index (χ1v) is 13.5. The Labute approximate surface area is 217 Å². The van der Waals surface area contributed by atoms with Crippen molar-refractivity contribution in [3.05, 3.63) is 48.4 Å². The molecule has 0 aliphatic heterocycles. The number of amides is 2. The summed E-state index contributed by atoms with van der Waals surface area (Å²) in [6.45, 7) is 5.77. The van der Waals surface area contributed by atoms with Crippen molar-refractivity contribution >= 4 is 29.4 Å². The molecule has 2 amide bonds. The summed E-state index contributed by atoms with van der Waals surface area (Å²) in [4.78, 5) is 38.6. The number of unbranched alkanes of at least 4 members (excludes halogenated alkanes) is 1. The molecule has 1 aromatic carbocycles. The second kappa shape index (κ2) is 15.9. The van der Waals surface area contributed by atoms with Crippen LogP contribution in [0.4, 0.5) is 0 Å². The summed E-state index contributed by atoms with van der Waals surface area (Å²) in [6, 6.07) is 9.22. The van der Waals surface area contributed by atoms with Gasteiger partial charge >= 0.3 is 0 Å². The van der Waals surface area contributed by atoms with Gasteiger partial charge in [0.2, 0.25) is 5.91 Å². The van der Waals surface area contributed by atoms with Crippen LogP contribution in [-0.2, 0) is 20.1 Å². The fourth-order valence-electron chi connectivity index (χ4n) is 3.50. The summed E-state index contributed by atoms with van der Waals surface area (Å²) < 4.78 is 16.0. The predicted octanol–water partition coefficient (Wildman–Crippen LogP) is 4.38. The standard InChI is InChI=1S/C27H38N2O6S/c1-5-6-9-23(25(30)18-36-17-22-8-7-14-34-22)29-27(32)24(15-19(2)3)28-26(31)16-35-21-12-10-20(33-4)11-13-21/h7-8,10-14,19,23-24H,5-6,9,15-18H2,1-4H3,(H,28,31)(H,29,32)/t23-,24-/m0/s1. The van der Waals surface area contributed by atoms with Gasteiger partial charge in [0.15, 0.2) is 12.4 Å². The summed E-state index contributed by atoms with van der Waals surface area (Å²) in [5.41, 5.74) is 0. The molecule has 0 saturated heterocycles. The number of hydrogen-bond acceptors (Lipinski definition) is 7. The van der Waals surface area contributed by atoms with Crippen molar-refractivity contribution in [1.29, 1.82) is 0 Å². The molecule has 1 aromatic heterocycles. The second-order valence-corrected chi connectivity index (χ2v) is 9.94. The molecule has 0 aliphatic carbocycles. The Bertz CT molecular complexity index is 930. The summed E-state index contributed by atoms with van der Waals surface area (Å²) >= 11 is 1.46. The van der Waals surface area contributed by atoms with E-state index in [2.05, 4.69) is 10.6 Å². The smallest absolute Gasteiger partial charge is 0.258 e. The third-order valence-electron chi connectivity index (χ3n) is 5.41. The fraction of sp³-hybridized carbons (Fsp3) is 0.519. The number of furan rings is 1. The van der Waals surface area contributed by atoms with Crippen molar-refractivity contribution in [1.82, 2.24) is 10.6 Å². The zero-order valence-electron chi connectivity index (χ0n) is 21.6. The number of carbonyl (C=O) groups is 3. The van der Waals surface area contributed by atoms with Crippen LogP contribution >= 0.6 is 11.8 Å². The molecule has 36 heavy (non-hydrogen) atoms. The third kappa shape index (κ3) is 10.8. The highest BCUT2D eigenvalue weighted by Gasteiger charge is 2.27. The van der Waals surface area contributed by atoms with Gasteiger partial charge in [-0.15, -0.1) is 11.8 Å². The number of ketones is 1. The number of Topliss-reactive ketones (excluding diaryl/α,β-unsaturated/α-hetero) is 1. The number of hydrogen-bond donors (Lipinski definition) is 2. The number of carbonyl (C=O) groups excluding carboxylic acids is 3. The van der Waals surface area contributed by atoms with E-state index in [1.165, 1.54) is 11.8 Å². The Morgan fingerprint density at radius 2 is 1.75 bits per heavy atom. The fourth-order valence-corrected chi connectivity index (χ4v) is 4.37.